The maximum absolute atomic E-state index is 10.2. The van der Waals surface area contributed by atoms with Crippen LogP contribution in [-0.2, 0) is 4.74 Å². The van der Waals surface area contributed by atoms with Crippen molar-refractivity contribution in [1.29, 1.82) is 0 Å². The molecule has 1 fully saturated rings. The van der Waals surface area contributed by atoms with E-state index in [0.717, 1.165) is 25.7 Å². The van der Waals surface area contributed by atoms with E-state index in [1.165, 1.54) is 0 Å². The van der Waals surface area contributed by atoms with Crippen molar-refractivity contribution in [3.05, 3.63) is 0 Å². The van der Waals surface area contributed by atoms with Crippen molar-refractivity contribution in [2.45, 2.75) is 38.2 Å². The van der Waals surface area contributed by atoms with Crippen LogP contribution in [0, 0.1) is 17.8 Å². The van der Waals surface area contributed by atoms with Crippen molar-refractivity contribution < 1.29 is 9.84 Å². The minimum absolute atomic E-state index is 0.447. The van der Waals surface area contributed by atoms with Crippen molar-refractivity contribution in [3.63, 3.8) is 0 Å². The Morgan fingerprint density at radius 1 is 1.54 bits per heavy atom. The molecule has 0 aromatic rings. The van der Waals surface area contributed by atoms with Gasteiger partial charge < -0.3 is 9.84 Å². The molecule has 0 aromatic heterocycles. The second-order valence-corrected chi connectivity index (χ2v) is 3.74. The first-order valence-electron chi connectivity index (χ1n) is 4.84. The minimum atomic E-state index is -0.612. The number of methoxy groups -OCH3 is 1. The highest BCUT2D eigenvalue weighted by molar-refractivity contribution is 5.01. The Morgan fingerprint density at radius 2 is 2.23 bits per heavy atom. The number of aliphatic hydroxyl groups is 1. The summed E-state index contributed by atoms with van der Waals surface area (Å²) in [7, 11) is 1.64. The molecule has 1 atom stereocenters. The molecule has 0 bridgehead atoms. The van der Waals surface area contributed by atoms with Gasteiger partial charge in [0, 0.05) is 13.5 Å². The van der Waals surface area contributed by atoms with Gasteiger partial charge in [0.15, 0.2) is 0 Å². The fourth-order valence-electron chi connectivity index (χ4n) is 1.67. The Hall–Kier alpha value is -0.520. The van der Waals surface area contributed by atoms with Gasteiger partial charge in [-0.1, -0.05) is 0 Å². The summed E-state index contributed by atoms with van der Waals surface area (Å²) in [6.07, 6.45) is 3.79. The summed E-state index contributed by atoms with van der Waals surface area (Å²) in [5.41, 5.74) is -0.612. The van der Waals surface area contributed by atoms with Crippen LogP contribution in [0.25, 0.3) is 0 Å². The normalized spacial score (nSPS) is 20.2. The van der Waals surface area contributed by atoms with E-state index in [0.29, 0.717) is 12.5 Å². The van der Waals surface area contributed by atoms with Gasteiger partial charge in [-0.05, 0) is 32.1 Å². The lowest BCUT2D eigenvalue weighted by Gasteiger charge is -2.26. The first-order valence-corrected chi connectivity index (χ1v) is 4.84. The summed E-state index contributed by atoms with van der Waals surface area (Å²) in [6.45, 7) is 2.27. The summed E-state index contributed by atoms with van der Waals surface area (Å²) in [6, 6.07) is 0. The number of ether oxygens (including phenoxy) is 1. The van der Waals surface area contributed by atoms with Crippen molar-refractivity contribution in [2.75, 3.05) is 13.7 Å². The van der Waals surface area contributed by atoms with Gasteiger partial charge in [0.1, 0.15) is 0 Å². The molecule has 0 heterocycles. The number of hydrogen-bond donors (Lipinski definition) is 1. The number of hydrogen-bond acceptors (Lipinski definition) is 2. The molecule has 1 rings (SSSR count). The van der Waals surface area contributed by atoms with E-state index in [2.05, 4.69) is 11.8 Å². The van der Waals surface area contributed by atoms with Crippen LogP contribution >= 0.6 is 0 Å². The highest BCUT2D eigenvalue weighted by Crippen LogP contribution is 2.42. The summed E-state index contributed by atoms with van der Waals surface area (Å²) < 4.78 is 5.04. The predicted molar refractivity (Wildman–Crippen MR) is 52.2 cm³/mol. The quantitative estimate of drug-likeness (QED) is 0.654. The van der Waals surface area contributed by atoms with Crippen LogP contribution < -0.4 is 0 Å². The van der Waals surface area contributed by atoms with Gasteiger partial charge in [-0.2, -0.15) is 0 Å². The molecule has 1 aliphatic carbocycles. The lowest BCUT2D eigenvalue weighted by molar-refractivity contribution is -0.0527. The van der Waals surface area contributed by atoms with Crippen LogP contribution in [0.2, 0.25) is 0 Å². The molecule has 0 spiro atoms. The predicted octanol–water partition coefficient (Wildman–Crippen LogP) is 1.58. The van der Waals surface area contributed by atoms with Crippen LogP contribution in [0.1, 0.15) is 32.6 Å². The van der Waals surface area contributed by atoms with Gasteiger partial charge in [0.25, 0.3) is 0 Å². The average Bonchev–Trinajstić information content (AvgIpc) is 2.87. The lowest BCUT2D eigenvalue weighted by Crippen LogP contribution is -2.36. The van der Waals surface area contributed by atoms with Gasteiger partial charge >= 0.3 is 0 Å². The van der Waals surface area contributed by atoms with Crippen LogP contribution in [0.5, 0.6) is 0 Å². The third kappa shape index (κ3) is 3.02. The van der Waals surface area contributed by atoms with E-state index >= 15 is 0 Å². The highest BCUT2D eigenvalue weighted by atomic mass is 16.5. The average molecular weight is 182 g/mol. The van der Waals surface area contributed by atoms with Gasteiger partial charge in [-0.15, -0.1) is 11.8 Å². The zero-order valence-electron chi connectivity index (χ0n) is 8.47. The third-order valence-corrected chi connectivity index (χ3v) is 2.59. The second-order valence-electron chi connectivity index (χ2n) is 3.74. The molecule has 0 aliphatic heterocycles. The molecular weight excluding hydrogens is 164 g/mol. The maximum atomic E-state index is 10.2. The molecule has 1 saturated carbocycles. The first kappa shape index (κ1) is 10.6. The molecule has 1 unspecified atom stereocenters. The SMILES string of the molecule is CC#CCCC(O)(COC)C1CC1. The fraction of sp³-hybridized carbons (Fsp3) is 0.818. The van der Waals surface area contributed by atoms with E-state index in [-0.39, 0.29) is 0 Å². The Kier molecular flexibility index (Phi) is 3.77. The summed E-state index contributed by atoms with van der Waals surface area (Å²) in [5.74, 6) is 6.27. The minimum Gasteiger partial charge on any atom is -0.387 e. The van der Waals surface area contributed by atoms with Crippen molar-refractivity contribution in [1.82, 2.24) is 0 Å². The second kappa shape index (κ2) is 4.64. The third-order valence-electron chi connectivity index (χ3n) is 2.59. The summed E-state index contributed by atoms with van der Waals surface area (Å²) >= 11 is 0. The molecule has 2 heteroatoms. The van der Waals surface area contributed by atoms with E-state index in [1.807, 2.05) is 6.92 Å². The lowest BCUT2D eigenvalue weighted by atomic mass is 9.93. The zero-order valence-corrected chi connectivity index (χ0v) is 8.47. The van der Waals surface area contributed by atoms with Crippen LogP contribution in [0.3, 0.4) is 0 Å². The molecule has 74 valence electrons. The Balaban J connectivity index is 2.39. The van der Waals surface area contributed by atoms with E-state index in [1.54, 1.807) is 7.11 Å². The smallest absolute Gasteiger partial charge is 0.0917 e. The molecule has 0 aromatic carbocycles. The topological polar surface area (TPSA) is 29.5 Å². The molecule has 1 aliphatic rings. The Morgan fingerprint density at radius 3 is 2.69 bits per heavy atom. The van der Waals surface area contributed by atoms with Crippen LogP contribution in [0.15, 0.2) is 0 Å². The largest absolute Gasteiger partial charge is 0.387 e. The Labute approximate surface area is 80.3 Å². The van der Waals surface area contributed by atoms with Gasteiger partial charge in [-0.25, -0.2) is 0 Å². The molecule has 2 nitrogen and oxygen atoms in total. The molecular formula is C11H18O2. The van der Waals surface area contributed by atoms with Gasteiger partial charge in [0.2, 0.25) is 0 Å². The molecule has 0 amide bonds. The monoisotopic (exact) mass is 182 g/mol. The fourth-order valence-corrected chi connectivity index (χ4v) is 1.67. The number of rotatable bonds is 5. The van der Waals surface area contributed by atoms with Crippen molar-refractivity contribution in [3.8, 4) is 11.8 Å². The first-order chi connectivity index (χ1) is 6.23. The van der Waals surface area contributed by atoms with Crippen LogP contribution in [-0.4, -0.2) is 24.4 Å². The highest BCUT2D eigenvalue weighted by Gasteiger charge is 2.43. The van der Waals surface area contributed by atoms with Crippen LogP contribution in [0.4, 0.5) is 0 Å². The summed E-state index contributed by atoms with van der Waals surface area (Å²) in [4.78, 5) is 0. The summed E-state index contributed by atoms with van der Waals surface area (Å²) in [5, 5.41) is 10.2. The maximum Gasteiger partial charge on any atom is 0.0917 e. The van der Waals surface area contributed by atoms with Gasteiger partial charge in [-0.3, -0.25) is 0 Å². The Bertz CT molecular complexity index is 210. The van der Waals surface area contributed by atoms with E-state index in [4.69, 9.17) is 4.74 Å². The van der Waals surface area contributed by atoms with Crippen molar-refractivity contribution >= 4 is 0 Å². The van der Waals surface area contributed by atoms with E-state index < -0.39 is 5.60 Å². The standard InChI is InChI=1S/C11H18O2/c1-3-4-5-8-11(12,9-13-2)10-6-7-10/h10,12H,5-9H2,1-2H3. The zero-order chi connectivity index (χ0) is 9.73. The molecule has 1 N–H and O–H groups in total. The van der Waals surface area contributed by atoms with E-state index in [9.17, 15) is 5.11 Å². The van der Waals surface area contributed by atoms with Crippen molar-refractivity contribution in [2.24, 2.45) is 5.92 Å². The van der Waals surface area contributed by atoms with Gasteiger partial charge in [0.05, 0.1) is 12.2 Å². The molecule has 13 heavy (non-hydrogen) atoms. The molecule has 0 radical (unpaired) electrons. The molecule has 0 saturated heterocycles.